The topological polar surface area (TPSA) is 102 Å². The number of piperidine rings is 1. The molecule has 0 amide bonds. The molecule has 0 radical (unpaired) electrons. The molecule has 0 atom stereocenters. The van der Waals surface area contributed by atoms with Gasteiger partial charge >= 0.3 is 0 Å². The number of carbonyl (C=O) groups is 1. The van der Waals surface area contributed by atoms with Crippen molar-refractivity contribution in [3.8, 4) is 5.75 Å². The van der Waals surface area contributed by atoms with Gasteiger partial charge in [-0.25, -0.2) is 13.1 Å². The average Bonchev–Trinajstić information content (AvgIpc) is 3.83. The number of hydrogen-bond acceptors (Lipinski definition) is 6. The fraction of sp³-hybridized carbons (Fsp3) is 0.387. The number of ether oxygens (including phenoxy) is 1. The van der Waals surface area contributed by atoms with E-state index in [-0.39, 0.29) is 0 Å². The Morgan fingerprint density at radius 2 is 1.49 bits per heavy atom. The molecule has 8 heteroatoms. The summed E-state index contributed by atoms with van der Waals surface area (Å²) in [5.74, 6) is 1.77. The minimum Gasteiger partial charge on any atom is -0.492 e. The Kier molecular flexibility index (Phi) is 12.6. The summed E-state index contributed by atoms with van der Waals surface area (Å²) in [5.41, 5.74) is 8.42. The highest BCUT2D eigenvalue weighted by Crippen LogP contribution is 2.39. The fourth-order valence-electron chi connectivity index (χ4n) is 4.15. The molecule has 1 aliphatic carbocycles. The number of benzene rings is 3. The van der Waals surface area contributed by atoms with Crippen molar-refractivity contribution in [2.75, 3.05) is 33.3 Å². The maximum Gasteiger partial charge on any atom is 0.240 e. The Hall–Kier alpha value is -3.04. The van der Waals surface area contributed by atoms with E-state index < -0.39 is 10.0 Å². The second kappa shape index (κ2) is 16.2. The van der Waals surface area contributed by atoms with Crippen molar-refractivity contribution in [2.24, 2.45) is 5.73 Å². The summed E-state index contributed by atoms with van der Waals surface area (Å²) < 4.78 is 30.1. The molecule has 1 saturated carbocycles. The minimum absolute atomic E-state index is 0.294. The van der Waals surface area contributed by atoms with Gasteiger partial charge in [-0.2, -0.15) is 0 Å². The Morgan fingerprint density at radius 3 is 2.03 bits per heavy atom. The molecule has 2 aliphatic rings. The highest BCUT2D eigenvalue weighted by molar-refractivity contribution is 7.89. The van der Waals surface area contributed by atoms with Crippen LogP contribution in [0.15, 0.2) is 89.8 Å². The lowest BCUT2D eigenvalue weighted by Crippen LogP contribution is -2.41. The van der Waals surface area contributed by atoms with Crippen LogP contribution in [0.3, 0.4) is 0 Å². The largest absolute Gasteiger partial charge is 0.492 e. The van der Waals surface area contributed by atoms with Gasteiger partial charge in [0.15, 0.2) is 0 Å². The van der Waals surface area contributed by atoms with Gasteiger partial charge in [0.1, 0.15) is 18.6 Å². The number of sulfonamides is 1. The van der Waals surface area contributed by atoms with Crippen LogP contribution in [0.25, 0.3) is 0 Å². The highest BCUT2D eigenvalue weighted by Gasteiger charge is 2.22. The van der Waals surface area contributed by atoms with Crippen molar-refractivity contribution in [2.45, 2.75) is 49.0 Å². The van der Waals surface area contributed by atoms with Gasteiger partial charge < -0.3 is 15.3 Å². The van der Waals surface area contributed by atoms with E-state index in [1.54, 1.807) is 30.3 Å². The molecule has 210 valence electrons. The van der Waals surface area contributed by atoms with Crippen LogP contribution < -0.4 is 15.2 Å². The van der Waals surface area contributed by atoms with Crippen molar-refractivity contribution in [1.82, 2.24) is 9.62 Å². The predicted octanol–water partition coefficient (Wildman–Crippen LogP) is 4.39. The zero-order valence-electron chi connectivity index (χ0n) is 22.7. The predicted molar refractivity (Wildman–Crippen MR) is 156 cm³/mol. The molecule has 5 rings (SSSR count). The minimum atomic E-state index is -3.25. The Labute approximate surface area is 233 Å². The standard InChI is InChI=1S/C15H22N2O2.C9H10.C7H9NO2S/c16-14-5-8-17(9-6-14)10-12-19-15-3-1-13(2-4-15)7-11-18;1-2-4-8(5-3-1)9-6-7-9;1-8-11(9,10)7-5-3-2-4-6-7/h1-4,11,14H,5-10,12,16H2;1-5,9H,6-7H2;2-6,8H,1H3. The Morgan fingerprint density at radius 1 is 0.897 bits per heavy atom. The zero-order chi connectivity index (χ0) is 27.9. The summed E-state index contributed by atoms with van der Waals surface area (Å²) in [6.45, 7) is 3.79. The third-order valence-electron chi connectivity index (χ3n) is 6.72. The molecular formula is C31H41N3O4S. The molecular weight excluding hydrogens is 510 g/mol. The summed E-state index contributed by atoms with van der Waals surface area (Å²) in [5, 5.41) is 0. The van der Waals surface area contributed by atoms with E-state index in [4.69, 9.17) is 10.5 Å². The number of likely N-dealkylation sites (tertiary alicyclic amines) is 1. The van der Waals surface area contributed by atoms with Gasteiger partial charge in [-0.15, -0.1) is 0 Å². The first-order valence-corrected chi connectivity index (χ1v) is 15.1. The number of nitrogens with one attached hydrogen (secondary N) is 1. The molecule has 7 nitrogen and oxygen atoms in total. The third-order valence-corrected chi connectivity index (χ3v) is 8.15. The van der Waals surface area contributed by atoms with Crippen molar-refractivity contribution < 1.29 is 17.9 Å². The van der Waals surface area contributed by atoms with Crippen LogP contribution in [-0.4, -0.2) is 58.9 Å². The summed E-state index contributed by atoms with van der Waals surface area (Å²) in [4.78, 5) is 13.1. The smallest absolute Gasteiger partial charge is 0.240 e. The molecule has 39 heavy (non-hydrogen) atoms. The summed E-state index contributed by atoms with van der Waals surface area (Å²) in [7, 11) is -1.86. The van der Waals surface area contributed by atoms with E-state index >= 15 is 0 Å². The second-order valence-electron chi connectivity index (χ2n) is 9.75. The first-order chi connectivity index (χ1) is 18.9. The Bertz CT molecular complexity index is 1190. The zero-order valence-corrected chi connectivity index (χ0v) is 23.6. The molecule has 3 N–H and O–H groups in total. The SMILES string of the molecule is CNS(=O)(=O)c1ccccc1.NC1CCN(CCOc2ccc(CC=O)cc2)CC1.c1ccc(C2CC2)cc1. The number of carbonyl (C=O) groups excluding carboxylic acids is 1. The van der Waals surface area contributed by atoms with Crippen LogP contribution in [0.5, 0.6) is 5.75 Å². The van der Waals surface area contributed by atoms with Crippen molar-refractivity contribution >= 4 is 16.3 Å². The molecule has 1 saturated heterocycles. The lowest BCUT2D eigenvalue weighted by Gasteiger charge is -2.29. The van der Waals surface area contributed by atoms with Gasteiger partial charge in [0.25, 0.3) is 0 Å². The molecule has 0 bridgehead atoms. The molecule has 2 fully saturated rings. The first kappa shape index (κ1) is 30.5. The highest BCUT2D eigenvalue weighted by atomic mass is 32.2. The number of hydrogen-bond donors (Lipinski definition) is 2. The van der Waals surface area contributed by atoms with Crippen molar-refractivity contribution in [3.63, 3.8) is 0 Å². The summed E-state index contributed by atoms with van der Waals surface area (Å²) in [6, 6.07) is 27.1. The number of nitrogens with zero attached hydrogens (tertiary/aromatic N) is 1. The van der Waals surface area contributed by atoms with E-state index in [0.29, 0.717) is 24.0 Å². The van der Waals surface area contributed by atoms with Crippen molar-refractivity contribution in [3.05, 3.63) is 96.1 Å². The van der Waals surface area contributed by atoms with Crippen molar-refractivity contribution in [1.29, 1.82) is 0 Å². The summed E-state index contributed by atoms with van der Waals surface area (Å²) >= 11 is 0. The van der Waals surface area contributed by atoms with Gasteiger partial charge in [-0.3, -0.25) is 4.90 Å². The lowest BCUT2D eigenvalue weighted by molar-refractivity contribution is -0.107. The van der Waals surface area contributed by atoms with Crippen LogP contribution in [0, 0.1) is 0 Å². The van der Waals surface area contributed by atoms with Gasteiger partial charge in [0, 0.05) is 19.0 Å². The molecule has 3 aromatic rings. The van der Waals surface area contributed by atoms with Crippen LogP contribution in [0.1, 0.15) is 42.7 Å². The summed E-state index contributed by atoms with van der Waals surface area (Å²) in [6.07, 6.45) is 6.36. The van der Waals surface area contributed by atoms with Gasteiger partial charge in [0.05, 0.1) is 4.90 Å². The van der Waals surface area contributed by atoms with Gasteiger partial charge in [-0.05, 0) is 87.1 Å². The Balaban J connectivity index is 0.000000177. The van der Waals surface area contributed by atoms with Crippen LogP contribution in [0.4, 0.5) is 0 Å². The lowest BCUT2D eigenvalue weighted by atomic mass is 10.1. The normalized spacial score (nSPS) is 15.7. The van der Waals surface area contributed by atoms with E-state index in [1.165, 1.54) is 25.5 Å². The third kappa shape index (κ3) is 11.3. The van der Waals surface area contributed by atoms with Crippen LogP contribution in [0.2, 0.25) is 0 Å². The van der Waals surface area contributed by atoms with E-state index in [1.807, 2.05) is 24.3 Å². The van der Waals surface area contributed by atoms with E-state index in [9.17, 15) is 13.2 Å². The van der Waals surface area contributed by atoms with E-state index in [2.05, 4.69) is 40.0 Å². The number of rotatable bonds is 9. The quantitative estimate of drug-likeness (QED) is 0.383. The van der Waals surface area contributed by atoms with Gasteiger partial charge in [-0.1, -0.05) is 60.7 Å². The fourth-order valence-corrected chi connectivity index (χ4v) is 4.90. The maximum atomic E-state index is 11.1. The first-order valence-electron chi connectivity index (χ1n) is 13.6. The number of nitrogens with two attached hydrogens (primary N) is 1. The second-order valence-corrected chi connectivity index (χ2v) is 11.6. The maximum absolute atomic E-state index is 11.1. The van der Waals surface area contributed by atoms with Gasteiger partial charge in [0.2, 0.25) is 10.0 Å². The average molecular weight is 552 g/mol. The molecule has 0 spiro atoms. The van der Waals surface area contributed by atoms with E-state index in [0.717, 1.165) is 56.0 Å². The molecule has 0 unspecified atom stereocenters. The van der Waals surface area contributed by atoms with Crippen LogP contribution in [-0.2, 0) is 21.2 Å². The number of aldehydes is 1. The molecule has 0 aromatic heterocycles. The molecule has 1 aliphatic heterocycles. The van der Waals surface area contributed by atoms with Crippen LogP contribution >= 0.6 is 0 Å². The molecule has 1 heterocycles. The molecule has 3 aromatic carbocycles. The monoisotopic (exact) mass is 551 g/mol.